The van der Waals surface area contributed by atoms with Crippen LogP contribution in [0.1, 0.15) is 77.2 Å². The number of pyridine rings is 1. The Morgan fingerprint density at radius 1 is 0.800 bits per heavy atom. The maximum Gasteiger partial charge on any atom is 0.264 e. The van der Waals surface area contributed by atoms with E-state index in [0.29, 0.717) is 61.7 Å². The predicted molar refractivity (Wildman–Crippen MR) is 256 cm³/mol. The lowest BCUT2D eigenvalue weighted by Crippen LogP contribution is -2.48. The van der Waals surface area contributed by atoms with Crippen LogP contribution in [0.2, 0.25) is 5.02 Å². The van der Waals surface area contributed by atoms with Crippen molar-refractivity contribution in [2.75, 3.05) is 26.2 Å². The summed E-state index contributed by atoms with van der Waals surface area (Å²) < 4.78 is 0. The molecule has 2 atom stereocenters. The first-order valence-electron chi connectivity index (χ1n) is 22.2. The van der Waals surface area contributed by atoms with Crippen LogP contribution in [0.25, 0.3) is 11.1 Å². The van der Waals surface area contributed by atoms with E-state index in [1.165, 1.54) is 0 Å². The molecule has 344 valence electrons. The first kappa shape index (κ1) is 50.0. The fourth-order valence-electron chi connectivity index (χ4n) is 8.52. The van der Waals surface area contributed by atoms with Gasteiger partial charge in [-0.2, -0.15) is 0 Å². The monoisotopic (exact) mass is 902 g/mol. The third-order valence-corrected chi connectivity index (χ3v) is 12.1. The van der Waals surface area contributed by atoms with Crippen molar-refractivity contribution in [3.8, 4) is 11.1 Å². The number of aromatic nitrogens is 1. The molecule has 3 heterocycles. The molecule has 13 nitrogen and oxygen atoms in total. The van der Waals surface area contributed by atoms with Gasteiger partial charge in [-0.25, -0.2) is 0 Å². The Morgan fingerprint density at radius 2 is 1.43 bits per heavy atom. The lowest BCUT2D eigenvalue weighted by Gasteiger charge is -2.32. The standard InChI is InChI=1S/C19H19NO2.C17H26N4O2.C9H11ClN2O.C6H7N/c1-13-7-6-12-20(13)18(21)19(22)16-10-4-2-8-14(16)15-9-3-5-11-17(15)19;1-12-4-5-13(6-7-18)14(9-12)11-20-17(23)15-3-2-8-21(15)16(22)10-19;10-9-2-1-7(4-11)8(3-9)5-12-6-13;1-6-4-2-3-5-7-6/h2-5,8-11,13,22H,6-7,12H2,1H3;4-5,9,15H,2-3,6-8,10-11,18-19H2,1H3,(H,20,23);1-3,6H,4-5,11H2,(H,12,13);2-5H,1H3. The molecule has 0 radical (unpaired) electrons. The Bertz CT molecular complexity index is 2330. The Morgan fingerprint density at radius 3 is 2.00 bits per heavy atom. The zero-order chi connectivity index (χ0) is 46.9. The quantitative estimate of drug-likeness (QED) is 0.0936. The van der Waals surface area contributed by atoms with Gasteiger partial charge < -0.3 is 42.7 Å². The summed E-state index contributed by atoms with van der Waals surface area (Å²) in [6.45, 7) is 9.29. The maximum atomic E-state index is 13.2. The number of carbonyl (C=O) groups is 4. The van der Waals surface area contributed by atoms with Gasteiger partial charge in [0.15, 0.2) is 5.60 Å². The second kappa shape index (κ2) is 24.4. The Hall–Kier alpha value is -5.96. The van der Waals surface area contributed by atoms with Gasteiger partial charge in [-0.1, -0.05) is 96.0 Å². The Kier molecular flexibility index (Phi) is 18.8. The molecule has 0 spiro atoms. The summed E-state index contributed by atoms with van der Waals surface area (Å²) in [4.78, 5) is 54.9. The Labute approximate surface area is 387 Å². The molecule has 2 aliphatic heterocycles. The average Bonchev–Trinajstić information content (AvgIpc) is 4.06. The van der Waals surface area contributed by atoms with Crippen LogP contribution in [-0.2, 0) is 50.8 Å². The van der Waals surface area contributed by atoms with Gasteiger partial charge in [0, 0.05) is 66.8 Å². The summed E-state index contributed by atoms with van der Waals surface area (Å²) in [5, 5.41) is 17.6. The SMILES string of the molecule is CC1CCCN1C(=O)C1(O)c2ccccc2-c2ccccc21.Cc1ccc(CCN)c(CNC(=O)C2CCCN2C(=O)CN)c1.Cc1ccccn1.NCc1ccc(Cl)cc1CNC=O. The molecule has 9 N–H and O–H groups in total. The number of nitrogens with one attached hydrogen (secondary N) is 2. The molecule has 14 heteroatoms. The number of rotatable bonds is 11. The van der Waals surface area contributed by atoms with E-state index in [1.54, 1.807) is 23.2 Å². The van der Waals surface area contributed by atoms with Crippen molar-refractivity contribution < 1.29 is 24.3 Å². The Balaban J connectivity index is 0.000000175. The fraction of sp³-hybridized carbons (Fsp3) is 0.353. The predicted octanol–water partition coefficient (Wildman–Crippen LogP) is 5.41. The molecule has 2 unspecified atom stereocenters. The highest BCUT2D eigenvalue weighted by atomic mass is 35.5. The highest BCUT2D eigenvalue weighted by Gasteiger charge is 2.50. The van der Waals surface area contributed by atoms with Crippen LogP contribution in [-0.4, -0.2) is 82.3 Å². The molecule has 4 amide bonds. The number of amides is 4. The molecular formula is C51H63ClN8O5. The number of aliphatic hydroxyl groups is 1. The summed E-state index contributed by atoms with van der Waals surface area (Å²) in [6.07, 6.45) is 6.77. The molecule has 2 saturated heterocycles. The van der Waals surface area contributed by atoms with E-state index in [4.69, 9.17) is 28.8 Å². The molecule has 8 rings (SSSR count). The minimum Gasteiger partial charge on any atom is -0.372 e. The van der Waals surface area contributed by atoms with Crippen LogP contribution in [0, 0.1) is 13.8 Å². The van der Waals surface area contributed by atoms with Crippen molar-refractivity contribution in [2.24, 2.45) is 17.2 Å². The van der Waals surface area contributed by atoms with Gasteiger partial charge in [0.1, 0.15) is 6.04 Å². The number of fused-ring (bicyclic) bond motifs is 3. The van der Waals surface area contributed by atoms with E-state index >= 15 is 0 Å². The number of halogens is 1. The van der Waals surface area contributed by atoms with Gasteiger partial charge in [0.25, 0.3) is 5.91 Å². The summed E-state index contributed by atoms with van der Waals surface area (Å²) >= 11 is 5.80. The van der Waals surface area contributed by atoms with Gasteiger partial charge in [0.05, 0.1) is 6.54 Å². The second-order valence-electron chi connectivity index (χ2n) is 16.4. The third kappa shape index (κ3) is 12.6. The van der Waals surface area contributed by atoms with E-state index in [9.17, 15) is 24.3 Å². The third-order valence-electron chi connectivity index (χ3n) is 11.9. The van der Waals surface area contributed by atoms with E-state index in [2.05, 4.69) is 40.7 Å². The molecular weight excluding hydrogens is 840 g/mol. The number of aryl methyl sites for hydroxylation is 2. The largest absolute Gasteiger partial charge is 0.372 e. The fourth-order valence-corrected chi connectivity index (χ4v) is 8.71. The summed E-state index contributed by atoms with van der Waals surface area (Å²) in [6, 6.07) is 32.7. The van der Waals surface area contributed by atoms with E-state index in [-0.39, 0.29) is 30.3 Å². The number of carbonyl (C=O) groups excluding carboxylic acids is 4. The topological polar surface area (TPSA) is 210 Å². The van der Waals surface area contributed by atoms with Gasteiger partial charge in [-0.3, -0.25) is 24.2 Å². The van der Waals surface area contributed by atoms with Crippen LogP contribution in [0.4, 0.5) is 0 Å². The molecule has 1 aromatic heterocycles. The molecule has 0 bridgehead atoms. The van der Waals surface area contributed by atoms with Gasteiger partial charge in [-0.05, 0) is 117 Å². The number of nitrogens with two attached hydrogens (primary N) is 3. The molecule has 65 heavy (non-hydrogen) atoms. The van der Waals surface area contributed by atoms with Gasteiger partial charge in [-0.15, -0.1) is 0 Å². The van der Waals surface area contributed by atoms with Crippen LogP contribution >= 0.6 is 11.6 Å². The zero-order valence-electron chi connectivity index (χ0n) is 37.6. The molecule has 5 aromatic rings. The van der Waals surface area contributed by atoms with Crippen molar-refractivity contribution in [3.63, 3.8) is 0 Å². The van der Waals surface area contributed by atoms with Crippen LogP contribution in [0.5, 0.6) is 0 Å². The number of hydrogen-bond donors (Lipinski definition) is 6. The molecule has 0 saturated carbocycles. The second-order valence-corrected chi connectivity index (χ2v) is 16.8. The van der Waals surface area contributed by atoms with Gasteiger partial charge >= 0.3 is 0 Å². The molecule has 3 aliphatic rings. The number of hydrogen-bond acceptors (Lipinski definition) is 9. The minimum absolute atomic E-state index is 0.0533. The van der Waals surface area contributed by atoms with Crippen molar-refractivity contribution in [2.45, 2.75) is 90.2 Å². The number of benzene rings is 4. The average molecular weight is 904 g/mol. The first-order valence-corrected chi connectivity index (χ1v) is 22.6. The maximum absolute atomic E-state index is 13.2. The van der Waals surface area contributed by atoms with Crippen LogP contribution in [0.3, 0.4) is 0 Å². The van der Waals surface area contributed by atoms with Crippen molar-refractivity contribution in [1.82, 2.24) is 25.4 Å². The first-order chi connectivity index (χ1) is 31.4. The highest BCUT2D eigenvalue weighted by molar-refractivity contribution is 6.30. The number of likely N-dealkylation sites (tertiary alicyclic amines) is 2. The van der Waals surface area contributed by atoms with E-state index in [0.717, 1.165) is 76.9 Å². The normalized spacial score (nSPS) is 16.3. The van der Waals surface area contributed by atoms with E-state index in [1.807, 2.05) is 91.5 Å². The summed E-state index contributed by atoms with van der Waals surface area (Å²) in [7, 11) is 0. The van der Waals surface area contributed by atoms with Crippen molar-refractivity contribution in [1.29, 1.82) is 0 Å². The van der Waals surface area contributed by atoms with Crippen LogP contribution in [0.15, 0.2) is 109 Å². The smallest absolute Gasteiger partial charge is 0.264 e. The lowest BCUT2D eigenvalue weighted by atomic mass is 9.89. The van der Waals surface area contributed by atoms with Crippen molar-refractivity contribution >= 4 is 35.7 Å². The highest BCUT2D eigenvalue weighted by Crippen LogP contribution is 2.48. The summed E-state index contributed by atoms with van der Waals surface area (Å²) in [5.74, 6) is -0.457. The lowest BCUT2D eigenvalue weighted by molar-refractivity contribution is -0.148. The molecule has 1 aliphatic carbocycles. The minimum atomic E-state index is -1.55. The molecule has 2 fully saturated rings. The van der Waals surface area contributed by atoms with Gasteiger partial charge in [0.2, 0.25) is 18.2 Å². The molecule has 4 aromatic carbocycles. The number of nitrogens with zero attached hydrogens (tertiary/aromatic N) is 3. The zero-order valence-corrected chi connectivity index (χ0v) is 38.4. The van der Waals surface area contributed by atoms with Crippen molar-refractivity contribution in [3.05, 3.63) is 159 Å². The summed E-state index contributed by atoms with van der Waals surface area (Å²) in [5.41, 5.74) is 24.8. The van der Waals surface area contributed by atoms with E-state index < -0.39 is 11.6 Å². The van der Waals surface area contributed by atoms with Crippen LogP contribution < -0.4 is 27.8 Å².